The van der Waals surface area contributed by atoms with Gasteiger partial charge in [-0.15, -0.1) is 0 Å². The van der Waals surface area contributed by atoms with Crippen LogP contribution in [0.4, 0.5) is 0 Å². The summed E-state index contributed by atoms with van der Waals surface area (Å²) in [4.78, 5) is 18.3. The van der Waals surface area contributed by atoms with Gasteiger partial charge in [-0.3, -0.25) is 9.78 Å². The Morgan fingerprint density at radius 3 is 2.78 bits per heavy atom. The Morgan fingerprint density at radius 2 is 2.06 bits per heavy atom. The zero-order valence-electron chi connectivity index (χ0n) is 17.4. The van der Waals surface area contributed by atoms with Crippen molar-refractivity contribution in [2.45, 2.75) is 24.9 Å². The largest absolute Gasteiger partial charge is 0.469 e. The fourth-order valence-corrected chi connectivity index (χ4v) is 4.83. The maximum Gasteiger partial charge on any atom is 0.305 e. The number of aromatic nitrogens is 2. The summed E-state index contributed by atoms with van der Waals surface area (Å²) in [6.07, 6.45) is 4.67. The highest BCUT2D eigenvalue weighted by atomic mass is 35.5. The second kappa shape index (κ2) is 9.90. The van der Waals surface area contributed by atoms with E-state index in [1.165, 1.54) is 7.11 Å². The molecule has 4 rings (SSSR count). The summed E-state index contributed by atoms with van der Waals surface area (Å²) in [5.74, 6) is -0.239. The first-order valence-corrected chi connectivity index (χ1v) is 11.3. The van der Waals surface area contributed by atoms with Crippen molar-refractivity contribution in [3.63, 3.8) is 0 Å². The number of pyridine rings is 1. The number of hydrogen-bond acceptors (Lipinski definition) is 4. The zero-order chi connectivity index (χ0) is 22.7. The van der Waals surface area contributed by atoms with Gasteiger partial charge in [0.2, 0.25) is 0 Å². The van der Waals surface area contributed by atoms with E-state index in [-0.39, 0.29) is 18.1 Å². The van der Waals surface area contributed by atoms with Gasteiger partial charge in [-0.25, -0.2) is 0 Å². The van der Waals surface area contributed by atoms with Crippen molar-refractivity contribution in [2.24, 2.45) is 0 Å². The van der Waals surface area contributed by atoms with Crippen LogP contribution in [0.15, 0.2) is 60.9 Å². The summed E-state index contributed by atoms with van der Waals surface area (Å²) in [6, 6.07) is 15.0. The van der Waals surface area contributed by atoms with E-state index in [2.05, 4.69) is 21.3 Å². The number of carbonyl (C=O) groups is 1. The molecule has 0 aliphatic carbocycles. The minimum atomic E-state index is -0.239. The van der Waals surface area contributed by atoms with Gasteiger partial charge in [-0.2, -0.15) is 0 Å². The Morgan fingerprint density at radius 1 is 1.22 bits per heavy atom. The lowest BCUT2D eigenvalue weighted by atomic mass is 10.0. The predicted octanol–water partition coefficient (Wildman–Crippen LogP) is 5.10. The van der Waals surface area contributed by atoms with Crippen LogP contribution < -0.4 is 5.32 Å². The van der Waals surface area contributed by atoms with E-state index < -0.39 is 0 Å². The molecule has 1 fully saturated rings. The summed E-state index contributed by atoms with van der Waals surface area (Å²) in [5, 5.41) is 5.17. The summed E-state index contributed by atoms with van der Waals surface area (Å²) in [6.45, 7) is 0.592. The molecule has 1 N–H and O–H groups in total. The number of thiocarbonyl (C=S) groups is 1. The quantitative estimate of drug-likeness (QED) is 0.368. The minimum absolute atomic E-state index is 0.156. The molecule has 2 unspecified atom stereocenters. The number of nitrogens with one attached hydrogen (secondary N) is 1. The molecule has 32 heavy (non-hydrogen) atoms. The molecule has 0 saturated carbocycles. The van der Waals surface area contributed by atoms with Crippen molar-refractivity contribution in [1.29, 1.82) is 0 Å². The Balaban J connectivity index is 1.73. The minimum Gasteiger partial charge on any atom is -0.469 e. The van der Waals surface area contributed by atoms with Gasteiger partial charge in [0.25, 0.3) is 0 Å². The number of carbonyl (C=O) groups excluding carboxylic acids is 1. The Labute approximate surface area is 202 Å². The molecule has 1 aliphatic heterocycles. The highest BCUT2D eigenvalue weighted by Gasteiger charge is 2.41. The molecule has 3 aromatic rings. The molecule has 0 amide bonds. The van der Waals surface area contributed by atoms with Crippen LogP contribution in [0.5, 0.6) is 0 Å². The third-order valence-electron chi connectivity index (χ3n) is 5.46. The van der Waals surface area contributed by atoms with Crippen LogP contribution >= 0.6 is 35.4 Å². The van der Waals surface area contributed by atoms with Crippen LogP contribution in [-0.4, -0.2) is 39.2 Å². The fourth-order valence-electron chi connectivity index (χ4n) is 3.99. The maximum atomic E-state index is 11.6. The van der Waals surface area contributed by atoms with Crippen LogP contribution in [0.3, 0.4) is 0 Å². The van der Waals surface area contributed by atoms with E-state index >= 15 is 0 Å². The molecule has 1 aliphatic rings. The van der Waals surface area contributed by atoms with E-state index in [1.54, 1.807) is 12.3 Å². The van der Waals surface area contributed by atoms with E-state index in [4.69, 9.17) is 40.2 Å². The van der Waals surface area contributed by atoms with Gasteiger partial charge in [0.1, 0.15) is 0 Å². The van der Waals surface area contributed by atoms with Crippen LogP contribution in [0.1, 0.15) is 36.3 Å². The number of halogens is 2. The van der Waals surface area contributed by atoms with Crippen molar-refractivity contribution < 1.29 is 9.53 Å². The van der Waals surface area contributed by atoms with Crippen molar-refractivity contribution >= 4 is 46.5 Å². The molecule has 1 saturated heterocycles. The van der Waals surface area contributed by atoms with Crippen molar-refractivity contribution in [3.05, 3.63) is 82.4 Å². The first-order chi connectivity index (χ1) is 15.5. The molecule has 0 radical (unpaired) electrons. The normalized spacial score (nSPS) is 18.0. The highest BCUT2D eigenvalue weighted by molar-refractivity contribution is 7.80. The first kappa shape index (κ1) is 22.6. The van der Waals surface area contributed by atoms with Gasteiger partial charge in [-0.05, 0) is 61.1 Å². The number of ether oxygens (including phenoxy) is 1. The lowest BCUT2D eigenvalue weighted by Gasteiger charge is -2.29. The predicted molar refractivity (Wildman–Crippen MR) is 129 cm³/mol. The lowest BCUT2D eigenvalue weighted by Crippen LogP contribution is -2.31. The average molecular weight is 489 g/mol. The average Bonchev–Trinajstić information content (AvgIpc) is 3.38. The van der Waals surface area contributed by atoms with Gasteiger partial charge in [0, 0.05) is 36.1 Å². The number of benzene rings is 1. The van der Waals surface area contributed by atoms with Crippen LogP contribution in [0.25, 0.3) is 5.69 Å². The van der Waals surface area contributed by atoms with Crippen LogP contribution in [-0.2, 0) is 9.53 Å². The maximum absolute atomic E-state index is 11.6. The number of nitrogens with zero attached hydrogens (tertiary/aromatic N) is 3. The second-order valence-electron chi connectivity index (χ2n) is 7.40. The summed E-state index contributed by atoms with van der Waals surface area (Å²) in [5.41, 5.74) is 2.70. The number of rotatable bonds is 7. The molecule has 166 valence electrons. The number of hydrogen-bond donors (Lipinski definition) is 1. The fraction of sp³-hybridized carbons (Fsp3) is 0.261. The Kier molecular flexibility index (Phi) is 6.98. The van der Waals surface area contributed by atoms with E-state index in [9.17, 15) is 4.79 Å². The van der Waals surface area contributed by atoms with E-state index in [1.807, 2.05) is 47.2 Å². The van der Waals surface area contributed by atoms with Gasteiger partial charge in [-0.1, -0.05) is 29.3 Å². The van der Waals surface area contributed by atoms with Crippen LogP contribution in [0, 0.1) is 0 Å². The molecule has 0 bridgehead atoms. The SMILES string of the molecule is COC(=O)CCCN1C(=S)NC(c2ccccn2)C1c1cccn1-c1ccc(Cl)cc1Cl. The van der Waals surface area contributed by atoms with Crippen molar-refractivity contribution in [1.82, 2.24) is 19.8 Å². The van der Waals surface area contributed by atoms with Crippen molar-refractivity contribution in [2.75, 3.05) is 13.7 Å². The molecule has 9 heteroatoms. The summed E-state index contributed by atoms with van der Waals surface area (Å²) in [7, 11) is 1.40. The van der Waals surface area contributed by atoms with Gasteiger partial charge in [0.05, 0.1) is 35.6 Å². The number of esters is 1. The monoisotopic (exact) mass is 488 g/mol. The molecular formula is C23H22Cl2N4O2S. The topological polar surface area (TPSA) is 59.4 Å². The second-order valence-corrected chi connectivity index (χ2v) is 8.63. The molecule has 0 spiro atoms. The Hall–Kier alpha value is -2.61. The van der Waals surface area contributed by atoms with Gasteiger partial charge < -0.3 is 19.5 Å². The van der Waals surface area contributed by atoms with Crippen LogP contribution in [0.2, 0.25) is 10.0 Å². The van der Waals surface area contributed by atoms with Gasteiger partial charge in [0.15, 0.2) is 5.11 Å². The Bertz CT molecular complexity index is 1120. The molecule has 1 aromatic carbocycles. The van der Waals surface area contributed by atoms with Gasteiger partial charge >= 0.3 is 5.97 Å². The third-order valence-corrected chi connectivity index (χ3v) is 6.35. The van der Waals surface area contributed by atoms with Crippen molar-refractivity contribution in [3.8, 4) is 5.69 Å². The molecule has 6 nitrogen and oxygen atoms in total. The zero-order valence-corrected chi connectivity index (χ0v) is 19.7. The number of methoxy groups -OCH3 is 1. The summed E-state index contributed by atoms with van der Waals surface area (Å²) >= 11 is 18.3. The highest BCUT2D eigenvalue weighted by Crippen LogP contribution is 2.40. The van der Waals surface area contributed by atoms with E-state index in [0.29, 0.717) is 34.5 Å². The smallest absolute Gasteiger partial charge is 0.305 e. The lowest BCUT2D eigenvalue weighted by molar-refractivity contribution is -0.140. The molecule has 2 atom stereocenters. The summed E-state index contributed by atoms with van der Waals surface area (Å²) < 4.78 is 6.83. The first-order valence-electron chi connectivity index (χ1n) is 10.2. The molecule has 3 heterocycles. The standard InChI is InChI=1S/C23H22Cl2N4O2S/c1-31-20(30)8-5-13-29-22(21(27-23(29)32)17-6-2-3-11-26-17)19-7-4-12-28(19)18-10-9-15(24)14-16(18)25/h2-4,6-7,9-12,14,21-22H,5,8,13H2,1H3,(H,27,32). The van der Waals surface area contributed by atoms with E-state index in [0.717, 1.165) is 17.1 Å². The molecule has 2 aromatic heterocycles. The third kappa shape index (κ3) is 4.60. The molecular weight excluding hydrogens is 467 g/mol.